The number of aromatic nitrogens is 2. The number of benzene rings is 2. The van der Waals surface area contributed by atoms with E-state index in [-0.39, 0.29) is 47.2 Å². The summed E-state index contributed by atoms with van der Waals surface area (Å²) in [4.78, 5) is 48.5. The van der Waals surface area contributed by atoms with Gasteiger partial charge in [0.1, 0.15) is 41.3 Å². The largest absolute Gasteiger partial charge is 0.469 e. The van der Waals surface area contributed by atoms with E-state index in [9.17, 15) is 19.5 Å². The van der Waals surface area contributed by atoms with Gasteiger partial charge in [0.2, 0.25) is 23.6 Å². The summed E-state index contributed by atoms with van der Waals surface area (Å²) in [7, 11) is 0. The van der Waals surface area contributed by atoms with Gasteiger partial charge in [-0.3, -0.25) is 14.4 Å². The highest BCUT2D eigenvalue weighted by atomic mass is 16.5. The fraction of sp³-hybridized carbons (Fsp3) is 0.382. The monoisotopic (exact) mass is 625 g/mol. The lowest BCUT2D eigenvalue weighted by molar-refractivity contribution is -0.135. The quantitative estimate of drug-likeness (QED) is 0.231. The van der Waals surface area contributed by atoms with Crippen molar-refractivity contribution in [1.29, 1.82) is 0 Å². The van der Waals surface area contributed by atoms with E-state index in [0.717, 1.165) is 22.4 Å². The number of rotatable bonds is 6. The van der Waals surface area contributed by atoms with Gasteiger partial charge in [-0.1, -0.05) is 58.0 Å². The summed E-state index contributed by atoms with van der Waals surface area (Å²) in [5, 5.41) is 19.8. The molecule has 2 aromatic heterocycles. The lowest BCUT2D eigenvalue weighted by atomic mass is 9.72. The summed E-state index contributed by atoms with van der Waals surface area (Å²) in [6.07, 6.45) is -0.482. The van der Waals surface area contributed by atoms with Gasteiger partial charge in [0.25, 0.3) is 0 Å². The maximum Gasteiger partial charge on any atom is 0.249 e. The van der Waals surface area contributed by atoms with E-state index in [0.29, 0.717) is 11.5 Å². The number of aliphatic hydroxyl groups excluding tert-OH is 1. The minimum absolute atomic E-state index is 0.0915. The number of oxazole rings is 2. The molecule has 2 aromatic carbocycles. The van der Waals surface area contributed by atoms with Crippen molar-refractivity contribution >= 4 is 23.3 Å². The number of anilines is 1. The fourth-order valence-electron chi connectivity index (χ4n) is 6.55. The normalized spacial score (nSPS) is 23.4. The van der Waals surface area contributed by atoms with Crippen LogP contribution in [0.4, 0.5) is 5.69 Å². The van der Waals surface area contributed by atoms with Crippen LogP contribution in [0.25, 0.3) is 11.6 Å². The minimum atomic E-state index is -1.29. The molecule has 5 heterocycles. The number of para-hydroxylation sites is 1. The first-order valence-electron chi connectivity index (χ1n) is 15.4. The Kier molecular flexibility index (Phi) is 7.00. The molecule has 1 spiro atoms. The van der Waals surface area contributed by atoms with Crippen LogP contribution in [-0.2, 0) is 21.4 Å². The summed E-state index contributed by atoms with van der Waals surface area (Å²) < 4.78 is 19.1. The maximum absolute atomic E-state index is 13.9. The van der Waals surface area contributed by atoms with E-state index < -0.39 is 41.6 Å². The van der Waals surface area contributed by atoms with Crippen LogP contribution in [0.5, 0.6) is 5.75 Å². The van der Waals surface area contributed by atoms with Crippen molar-refractivity contribution < 1.29 is 33.1 Å². The van der Waals surface area contributed by atoms with Crippen molar-refractivity contribution in [2.24, 2.45) is 11.8 Å². The molecule has 4 N–H and O–H groups in total. The Morgan fingerprint density at radius 1 is 1.07 bits per heavy atom. The maximum atomic E-state index is 13.9. The van der Waals surface area contributed by atoms with Crippen LogP contribution >= 0.6 is 0 Å². The molecule has 5 atom stereocenters. The lowest BCUT2D eigenvalue weighted by Gasteiger charge is -2.29. The molecule has 0 fully saturated rings. The molecule has 4 bridgehead atoms. The van der Waals surface area contributed by atoms with Crippen molar-refractivity contribution in [3.8, 4) is 17.3 Å². The number of hydrogen-bond acceptors (Lipinski definition) is 10. The number of amides is 2. The van der Waals surface area contributed by atoms with Gasteiger partial charge in [-0.15, -0.1) is 0 Å². The molecule has 0 aliphatic carbocycles. The van der Waals surface area contributed by atoms with E-state index in [1.807, 2.05) is 56.3 Å². The number of fused-ring (bicyclic) bond motifs is 4. The standard InChI is InChI=1S/C34H35N5O7/c1-15(2)25-32-39-26(31-36-23(14-44-31)17(5)40)28(46-32)34-19-8-6-7-9-21(19)37-33(34)45-24-11-10-18(12-20(24)34)13-22(29(42)38-25)35-30(43)27(41)16(3)4/h6-12,14-16,22,25,27,33,37,41H,13H2,1-5H3,(H,35,43)(H,38,42)/t22-,25-,27-,33?,34?/m0/s1. The molecule has 0 saturated carbocycles. The van der Waals surface area contributed by atoms with E-state index >= 15 is 0 Å². The van der Waals surface area contributed by atoms with Gasteiger partial charge >= 0.3 is 0 Å². The molecule has 46 heavy (non-hydrogen) atoms. The van der Waals surface area contributed by atoms with Gasteiger partial charge in [0, 0.05) is 24.6 Å². The Balaban J connectivity index is 1.48. The first-order valence-corrected chi connectivity index (χ1v) is 15.4. The summed E-state index contributed by atoms with van der Waals surface area (Å²) in [5.41, 5.74) is 2.60. The predicted molar refractivity (Wildman–Crippen MR) is 165 cm³/mol. The third-order valence-corrected chi connectivity index (χ3v) is 9.02. The number of carbonyl (C=O) groups is 3. The Morgan fingerprint density at radius 2 is 1.85 bits per heavy atom. The highest BCUT2D eigenvalue weighted by Gasteiger charge is 2.61. The average Bonchev–Trinajstić information content (AvgIpc) is 3.79. The molecule has 12 heteroatoms. The van der Waals surface area contributed by atoms with Crippen molar-refractivity contribution in [1.82, 2.24) is 20.6 Å². The second-order valence-electron chi connectivity index (χ2n) is 12.8. The molecule has 0 saturated heterocycles. The lowest BCUT2D eigenvalue weighted by Crippen LogP contribution is -2.52. The first kappa shape index (κ1) is 29.7. The molecule has 3 aliphatic rings. The molecule has 238 valence electrons. The number of ketones is 1. The Hall–Kier alpha value is -4.97. The second-order valence-corrected chi connectivity index (χ2v) is 12.8. The van der Waals surface area contributed by atoms with Crippen LogP contribution in [-0.4, -0.2) is 51.0 Å². The SMILES string of the molecule is CC(=O)c1coc(-c2nc3oc2C24c5ccccc5NC2Oc2ccc(cc24)C[C@H](NC(=O)[C@@H](O)C(C)C)C(=O)N[C@H]3C(C)C)n1. The summed E-state index contributed by atoms with van der Waals surface area (Å²) in [6, 6.07) is 11.7. The zero-order valence-corrected chi connectivity index (χ0v) is 26.1. The van der Waals surface area contributed by atoms with Gasteiger partial charge < -0.3 is 34.6 Å². The molecule has 0 radical (unpaired) electrons. The Labute approximate surface area is 264 Å². The molecular formula is C34H35N5O7. The van der Waals surface area contributed by atoms with E-state index in [2.05, 4.69) is 20.9 Å². The predicted octanol–water partition coefficient (Wildman–Crippen LogP) is 3.88. The van der Waals surface area contributed by atoms with Crippen LogP contribution < -0.4 is 20.7 Å². The van der Waals surface area contributed by atoms with Gasteiger partial charge in [-0.2, -0.15) is 0 Å². The van der Waals surface area contributed by atoms with Crippen LogP contribution in [0, 0.1) is 11.8 Å². The van der Waals surface area contributed by atoms with Gasteiger partial charge in [-0.05, 0) is 35.1 Å². The number of aliphatic hydroxyl groups is 1. The molecule has 2 amide bonds. The van der Waals surface area contributed by atoms with Crippen LogP contribution in [0.2, 0.25) is 0 Å². The second kappa shape index (κ2) is 10.8. The number of ether oxygens (including phenoxy) is 1. The van der Waals surface area contributed by atoms with E-state index in [1.54, 1.807) is 13.8 Å². The molecule has 7 rings (SSSR count). The Bertz CT molecular complexity index is 1880. The molecule has 4 aromatic rings. The highest BCUT2D eigenvalue weighted by Crippen LogP contribution is 2.59. The van der Waals surface area contributed by atoms with E-state index in [1.165, 1.54) is 13.2 Å². The van der Waals surface area contributed by atoms with Gasteiger partial charge in [0.05, 0.1) is 0 Å². The fourth-order valence-corrected chi connectivity index (χ4v) is 6.55. The number of Topliss-reactive ketones (excluding diaryl/α,β-unsaturated/α-hetero) is 1. The van der Waals surface area contributed by atoms with Crippen molar-refractivity contribution in [3.63, 3.8) is 0 Å². The number of carbonyl (C=O) groups excluding carboxylic acids is 3. The first-order chi connectivity index (χ1) is 22.0. The molecular weight excluding hydrogens is 590 g/mol. The topological polar surface area (TPSA) is 169 Å². The molecule has 2 unspecified atom stereocenters. The van der Waals surface area contributed by atoms with Crippen LogP contribution in [0.3, 0.4) is 0 Å². The molecule has 12 nitrogen and oxygen atoms in total. The van der Waals surface area contributed by atoms with Gasteiger partial charge in [-0.25, -0.2) is 9.97 Å². The van der Waals surface area contributed by atoms with Crippen LogP contribution in [0.15, 0.2) is 57.6 Å². The summed E-state index contributed by atoms with van der Waals surface area (Å²) >= 11 is 0. The van der Waals surface area contributed by atoms with E-state index in [4.69, 9.17) is 18.6 Å². The minimum Gasteiger partial charge on any atom is -0.469 e. The summed E-state index contributed by atoms with van der Waals surface area (Å²) in [5.74, 6) is -0.614. The zero-order valence-electron chi connectivity index (χ0n) is 26.1. The molecule has 3 aliphatic heterocycles. The number of nitrogens with one attached hydrogen (secondary N) is 3. The third-order valence-electron chi connectivity index (χ3n) is 9.02. The highest BCUT2D eigenvalue weighted by molar-refractivity contribution is 5.92. The van der Waals surface area contributed by atoms with Crippen LogP contribution in [0.1, 0.15) is 79.5 Å². The third kappa shape index (κ3) is 4.50. The zero-order chi connectivity index (χ0) is 32.5. The number of hydrogen-bond donors (Lipinski definition) is 4. The van der Waals surface area contributed by atoms with Crippen molar-refractivity contribution in [3.05, 3.63) is 82.8 Å². The van der Waals surface area contributed by atoms with Crippen molar-refractivity contribution in [2.75, 3.05) is 5.32 Å². The smallest absolute Gasteiger partial charge is 0.249 e. The van der Waals surface area contributed by atoms with Crippen molar-refractivity contribution in [2.45, 2.75) is 70.9 Å². The Morgan fingerprint density at radius 3 is 2.57 bits per heavy atom. The summed E-state index contributed by atoms with van der Waals surface area (Å²) in [6.45, 7) is 8.70. The average molecular weight is 626 g/mol. The number of nitrogens with zero attached hydrogens (tertiary/aromatic N) is 2. The van der Waals surface area contributed by atoms with Gasteiger partial charge in [0.15, 0.2) is 23.5 Å².